The number of carbonyl (C=O) groups is 1. The van der Waals surface area contributed by atoms with E-state index in [1.165, 1.54) is 0 Å². The van der Waals surface area contributed by atoms with Gasteiger partial charge in [-0.1, -0.05) is 36.4 Å². The quantitative estimate of drug-likeness (QED) is 0.695. The van der Waals surface area contributed by atoms with E-state index in [1.54, 1.807) is 11.8 Å². The van der Waals surface area contributed by atoms with E-state index >= 15 is 0 Å². The predicted octanol–water partition coefficient (Wildman–Crippen LogP) is 4.74. The fourth-order valence-electron chi connectivity index (χ4n) is 3.44. The number of rotatable bonds is 4. The van der Waals surface area contributed by atoms with Gasteiger partial charge in [-0.25, -0.2) is 4.68 Å². The van der Waals surface area contributed by atoms with Crippen molar-refractivity contribution in [1.82, 2.24) is 9.78 Å². The topological polar surface area (TPSA) is 56.2 Å². The van der Waals surface area contributed by atoms with E-state index < -0.39 is 0 Å². The molecule has 0 saturated heterocycles. The summed E-state index contributed by atoms with van der Waals surface area (Å²) in [4.78, 5) is 12.5. The monoisotopic (exact) mass is 393 g/mol. The summed E-state index contributed by atoms with van der Waals surface area (Å²) in [6.07, 6.45) is 0.0734. The van der Waals surface area contributed by atoms with Gasteiger partial charge in [0, 0.05) is 11.1 Å². The molecule has 144 valence electrons. The molecule has 3 aromatic rings. The minimum absolute atomic E-state index is 0.0203. The number of aromatic nitrogens is 2. The molecule has 1 amide bonds. The molecule has 1 aliphatic heterocycles. The number of benzene rings is 2. The molecule has 1 N–H and O–H groups in total. The van der Waals surface area contributed by atoms with Crippen LogP contribution in [0.25, 0.3) is 5.69 Å². The molecule has 0 saturated carbocycles. The third-order valence-electron chi connectivity index (χ3n) is 4.57. The summed E-state index contributed by atoms with van der Waals surface area (Å²) in [5, 5.41) is 7.78. The van der Waals surface area contributed by atoms with Crippen molar-refractivity contribution >= 4 is 23.5 Å². The van der Waals surface area contributed by atoms with Crippen molar-refractivity contribution in [2.45, 2.75) is 32.1 Å². The van der Waals surface area contributed by atoms with Crippen LogP contribution in [0.5, 0.6) is 5.75 Å². The number of hydrogen-bond donors (Lipinski definition) is 1. The van der Waals surface area contributed by atoms with Crippen LogP contribution in [0, 0.1) is 6.92 Å². The van der Waals surface area contributed by atoms with Gasteiger partial charge < -0.3 is 10.1 Å². The maximum atomic E-state index is 12.5. The standard InChI is InChI=1S/C22H23N3O2S/c1-14(2)27-18-12-8-7-11-17(18)21-20-15(3)24-25(16-9-5-4-6-10-16)22(20)23-19(26)13-28-21/h4-12,14,21H,13H2,1-3H3,(H,23,26). The second kappa shape index (κ2) is 7.72. The largest absolute Gasteiger partial charge is 0.491 e. The summed E-state index contributed by atoms with van der Waals surface area (Å²) in [6.45, 7) is 6.04. The first kappa shape index (κ1) is 18.6. The van der Waals surface area contributed by atoms with Crippen molar-refractivity contribution in [2.75, 3.05) is 11.1 Å². The Morgan fingerprint density at radius 1 is 1.14 bits per heavy atom. The molecule has 0 spiro atoms. The Balaban J connectivity index is 1.88. The van der Waals surface area contributed by atoms with E-state index in [0.29, 0.717) is 5.75 Å². The van der Waals surface area contributed by atoms with Crippen molar-refractivity contribution in [3.63, 3.8) is 0 Å². The Hall–Kier alpha value is -2.73. The van der Waals surface area contributed by atoms with Gasteiger partial charge in [0.05, 0.1) is 28.5 Å². The molecular weight excluding hydrogens is 370 g/mol. The lowest BCUT2D eigenvalue weighted by molar-refractivity contribution is -0.113. The van der Waals surface area contributed by atoms with Gasteiger partial charge in [0.25, 0.3) is 0 Å². The van der Waals surface area contributed by atoms with Gasteiger partial charge in [0.1, 0.15) is 11.6 Å². The predicted molar refractivity (Wildman–Crippen MR) is 113 cm³/mol. The Morgan fingerprint density at radius 3 is 2.61 bits per heavy atom. The summed E-state index contributed by atoms with van der Waals surface area (Å²) in [6, 6.07) is 17.9. The first-order chi connectivity index (χ1) is 13.5. The summed E-state index contributed by atoms with van der Waals surface area (Å²) in [5.41, 5.74) is 3.91. The molecule has 1 aliphatic rings. The number of aryl methyl sites for hydroxylation is 1. The van der Waals surface area contributed by atoms with E-state index in [4.69, 9.17) is 9.84 Å². The number of hydrogen-bond acceptors (Lipinski definition) is 4. The first-order valence-electron chi connectivity index (χ1n) is 9.36. The molecular formula is C22H23N3O2S. The summed E-state index contributed by atoms with van der Waals surface area (Å²) >= 11 is 1.61. The number of amides is 1. The molecule has 4 rings (SSSR count). The number of carbonyl (C=O) groups excluding carboxylic acids is 1. The second-order valence-corrected chi connectivity index (χ2v) is 8.13. The van der Waals surface area contributed by atoms with Crippen molar-refractivity contribution in [1.29, 1.82) is 0 Å². The SMILES string of the molecule is Cc1nn(-c2ccccc2)c2c1C(c1ccccc1OC(C)C)SCC(=O)N2. The number of thioether (sulfide) groups is 1. The molecule has 1 atom stereocenters. The van der Waals surface area contributed by atoms with E-state index in [-0.39, 0.29) is 17.3 Å². The third kappa shape index (κ3) is 3.52. The van der Waals surface area contributed by atoms with Gasteiger partial charge >= 0.3 is 0 Å². The van der Waals surface area contributed by atoms with Gasteiger partial charge in [0.2, 0.25) is 5.91 Å². The van der Waals surface area contributed by atoms with E-state index in [2.05, 4.69) is 11.4 Å². The number of nitrogens with zero attached hydrogens (tertiary/aromatic N) is 2. The second-order valence-electron chi connectivity index (χ2n) is 7.04. The van der Waals surface area contributed by atoms with E-state index in [0.717, 1.165) is 34.1 Å². The van der Waals surface area contributed by atoms with Crippen LogP contribution in [0.4, 0.5) is 5.82 Å². The van der Waals surface area contributed by atoms with Crippen LogP contribution in [0.1, 0.15) is 35.9 Å². The molecule has 0 aliphatic carbocycles. The highest BCUT2D eigenvalue weighted by atomic mass is 32.2. The number of fused-ring (bicyclic) bond motifs is 1. The molecule has 0 bridgehead atoms. The molecule has 28 heavy (non-hydrogen) atoms. The maximum Gasteiger partial charge on any atom is 0.235 e. The van der Waals surface area contributed by atoms with Crippen LogP contribution in [0.2, 0.25) is 0 Å². The third-order valence-corrected chi connectivity index (χ3v) is 5.82. The molecule has 5 nitrogen and oxygen atoms in total. The Kier molecular flexibility index (Phi) is 5.13. The van der Waals surface area contributed by atoms with Crippen LogP contribution in [0.3, 0.4) is 0 Å². The van der Waals surface area contributed by atoms with Gasteiger partial charge in [-0.3, -0.25) is 4.79 Å². The Bertz CT molecular complexity index is 998. The fourth-order valence-corrected chi connectivity index (χ4v) is 4.66. The lowest BCUT2D eigenvalue weighted by Crippen LogP contribution is -2.15. The van der Waals surface area contributed by atoms with Gasteiger partial charge in [-0.05, 0) is 39.0 Å². The Morgan fingerprint density at radius 2 is 1.86 bits per heavy atom. The van der Waals surface area contributed by atoms with E-state index in [9.17, 15) is 4.79 Å². The zero-order valence-electron chi connectivity index (χ0n) is 16.2. The minimum atomic E-state index is -0.0404. The normalized spacial score (nSPS) is 16.4. The highest BCUT2D eigenvalue weighted by Gasteiger charge is 2.32. The number of para-hydroxylation sites is 2. The molecule has 1 aromatic heterocycles. The summed E-state index contributed by atoms with van der Waals surface area (Å²) < 4.78 is 7.89. The van der Waals surface area contributed by atoms with Crippen molar-refractivity contribution < 1.29 is 9.53 Å². The molecule has 6 heteroatoms. The zero-order chi connectivity index (χ0) is 19.7. The van der Waals surface area contributed by atoms with Crippen LogP contribution in [-0.4, -0.2) is 27.5 Å². The van der Waals surface area contributed by atoms with Crippen molar-refractivity contribution in [2.24, 2.45) is 0 Å². The number of anilines is 1. The highest BCUT2D eigenvalue weighted by Crippen LogP contribution is 2.46. The maximum absolute atomic E-state index is 12.5. The zero-order valence-corrected chi connectivity index (χ0v) is 17.0. The molecule has 2 aromatic carbocycles. The molecule has 2 heterocycles. The smallest absolute Gasteiger partial charge is 0.235 e. The first-order valence-corrected chi connectivity index (χ1v) is 10.4. The van der Waals surface area contributed by atoms with Crippen LogP contribution in [-0.2, 0) is 4.79 Å². The lowest BCUT2D eigenvalue weighted by Gasteiger charge is -2.20. The minimum Gasteiger partial charge on any atom is -0.491 e. The lowest BCUT2D eigenvalue weighted by atomic mass is 10.0. The van der Waals surface area contributed by atoms with Crippen molar-refractivity contribution in [3.8, 4) is 11.4 Å². The number of nitrogens with one attached hydrogen (secondary N) is 1. The van der Waals surface area contributed by atoms with E-state index in [1.807, 2.05) is 74.0 Å². The summed E-state index contributed by atoms with van der Waals surface area (Å²) in [5.74, 6) is 1.95. The number of ether oxygens (including phenoxy) is 1. The molecule has 0 fully saturated rings. The molecule has 0 radical (unpaired) electrons. The van der Waals surface area contributed by atoms with Gasteiger partial charge in [-0.15, -0.1) is 11.8 Å². The van der Waals surface area contributed by atoms with Gasteiger partial charge in [-0.2, -0.15) is 5.10 Å². The van der Waals surface area contributed by atoms with Crippen LogP contribution in [0.15, 0.2) is 54.6 Å². The summed E-state index contributed by atoms with van der Waals surface area (Å²) in [7, 11) is 0. The Labute approximate surface area is 169 Å². The fraction of sp³-hybridized carbons (Fsp3) is 0.273. The molecule has 1 unspecified atom stereocenters. The van der Waals surface area contributed by atoms with Crippen LogP contribution >= 0.6 is 11.8 Å². The van der Waals surface area contributed by atoms with Crippen molar-refractivity contribution in [3.05, 3.63) is 71.4 Å². The van der Waals surface area contributed by atoms with Crippen LogP contribution < -0.4 is 10.1 Å². The highest BCUT2D eigenvalue weighted by molar-refractivity contribution is 8.00. The van der Waals surface area contributed by atoms with Gasteiger partial charge in [0.15, 0.2) is 0 Å². The average Bonchev–Trinajstić information content (AvgIpc) is 2.89. The average molecular weight is 394 g/mol.